The zero-order chi connectivity index (χ0) is 14.8. The number of aliphatic hydroxyl groups excluding tert-OH is 1. The number of anilines is 1. The number of nitrogens with one attached hydrogen (secondary N) is 1. The summed E-state index contributed by atoms with van der Waals surface area (Å²) in [4.78, 5) is 4.32. The summed E-state index contributed by atoms with van der Waals surface area (Å²) in [5, 5.41) is 12.6. The lowest BCUT2D eigenvalue weighted by Crippen LogP contribution is -2.30. The van der Waals surface area contributed by atoms with Crippen LogP contribution >= 0.6 is 0 Å². The number of nitrogens with zero attached hydrogens (tertiary/aromatic N) is 2. The second kappa shape index (κ2) is 6.07. The van der Waals surface area contributed by atoms with Crippen molar-refractivity contribution in [2.75, 3.05) is 25.0 Å². The molecule has 0 aliphatic carbocycles. The maximum Gasteiger partial charge on any atom is 0.243 e. The van der Waals surface area contributed by atoms with Crippen molar-refractivity contribution < 1.29 is 13.5 Å². The van der Waals surface area contributed by atoms with Crippen LogP contribution in [0.2, 0.25) is 0 Å². The molecule has 0 aromatic carbocycles. The van der Waals surface area contributed by atoms with E-state index in [1.54, 1.807) is 13.0 Å². The first-order valence-corrected chi connectivity index (χ1v) is 8.27. The van der Waals surface area contributed by atoms with Gasteiger partial charge in [0.2, 0.25) is 10.0 Å². The molecule has 6 nitrogen and oxygen atoms in total. The predicted molar refractivity (Wildman–Crippen MR) is 76.9 cm³/mol. The van der Waals surface area contributed by atoms with Crippen LogP contribution in [-0.4, -0.2) is 48.6 Å². The SMILES string of the molecule is CCNc1cc(S(=O)(=O)N2CCC(C(C)O)C2)ccn1. The molecule has 0 spiro atoms. The lowest BCUT2D eigenvalue weighted by molar-refractivity contribution is 0.133. The number of hydrogen-bond acceptors (Lipinski definition) is 5. The van der Waals surface area contributed by atoms with Crippen molar-refractivity contribution in [2.45, 2.75) is 31.3 Å². The molecule has 2 unspecified atom stereocenters. The molecule has 2 heterocycles. The largest absolute Gasteiger partial charge is 0.393 e. The van der Waals surface area contributed by atoms with Gasteiger partial charge in [-0.3, -0.25) is 0 Å². The number of aromatic nitrogens is 1. The van der Waals surface area contributed by atoms with Gasteiger partial charge in [0.05, 0.1) is 11.0 Å². The van der Waals surface area contributed by atoms with E-state index in [-0.39, 0.29) is 10.8 Å². The summed E-state index contributed by atoms with van der Waals surface area (Å²) < 4.78 is 26.5. The highest BCUT2D eigenvalue weighted by Crippen LogP contribution is 2.26. The molecule has 20 heavy (non-hydrogen) atoms. The van der Waals surface area contributed by atoms with Crippen molar-refractivity contribution in [2.24, 2.45) is 5.92 Å². The molecule has 0 radical (unpaired) electrons. The summed E-state index contributed by atoms with van der Waals surface area (Å²) in [6.07, 6.45) is 1.71. The lowest BCUT2D eigenvalue weighted by Gasteiger charge is -2.18. The third-order valence-corrected chi connectivity index (χ3v) is 5.46. The number of aliphatic hydroxyl groups is 1. The second-order valence-corrected chi connectivity index (χ2v) is 7.00. The van der Waals surface area contributed by atoms with Crippen LogP contribution < -0.4 is 5.32 Å². The van der Waals surface area contributed by atoms with E-state index in [1.165, 1.54) is 16.6 Å². The van der Waals surface area contributed by atoms with Crippen LogP contribution in [0.5, 0.6) is 0 Å². The second-order valence-electron chi connectivity index (χ2n) is 5.06. The summed E-state index contributed by atoms with van der Waals surface area (Å²) in [5.41, 5.74) is 0. The molecule has 2 rings (SSSR count). The minimum absolute atomic E-state index is 0.0137. The zero-order valence-corrected chi connectivity index (χ0v) is 12.6. The highest BCUT2D eigenvalue weighted by Gasteiger charge is 2.34. The topological polar surface area (TPSA) is 82.5 Å². The van der Waals surface area contributed by atoms with E-state index >= 15 is 0 Å². The quantitative estimate of drug-likeness (QED) is 0.844. The van der Waals surface area contributed by atoms with Crippen LogP contribution in [0.1, 0.15) is 20.3 Å². The summed E-state index contributed by atoms with van der Waals surface area (Å²) in [5.74, 6) is 0.569. The molecule has 2 N–H and O–H groups in total. The fraction of sp³-hybridized carbons (Fsp3) is 0.615. The highest BCUT2D eigenvalue weighted by molar-refractivity contribution is 7.89. The first-order valence-electron chi connectivity index (χ1n) is 6.83. The molecule has 112 valence electrons. The molecule has 7 heteroatoms. The van der Waals surface area contributed by atoms with Gasteiger partial charge in [-0.05, 0) is 32.3 Å². The minimum Gasteiger partial charge on any atom is -0.393 e. The molecule has 1 fully saturated rings. The average Bonchev–Trinajstić information content (AvgIpc) is 2.90. The number of sulfonamides is 1. The van der Waals surface area contributed by atoms with E-state index in [0.29, 0.717) is 31.9 Å². The Balaban J connectivity index is 2.20. The molecule has 1 aliphatic heterocycles. The van der Waals surface area contributed by atoms with Crippen molar-refractivity contribution in [3.8, 4) is 0 Å². The van der Waals surface area contributed by atoms with Gasteiger partial charge in [-0.25, -0.2) is 13.4 Å². The van der Waals surface area contributed by atoms with Gasteiger partial charge in [0, 0.05) is 31.9 Å². The third kappa shape index (κ3) is 3.11. The van der Waals surface area contributed by atoms with Crippen molar-refractivity contribution in [1.29, 1.82) is 0 Å². The van der Waals surface area contributed by atoms with E-state index in [4.69, 9.17) is 0 Å². The Hall–Kier alpha value is -1.18. The van der Waals surface area contributed by atoms with Gasteiger partial charge in [0.1, 0.15) is 5.82 Å². The molecule has 1 aromatic rings. The fourth-order valence-corrected chi connectivity index (χ4v) is 3.89. The van der Waals surface area contributed by atoms with Crippen molar-refractivity contribution in [3.63, 3.8) is 0 Å². The molecule has 2 atom stereocenters. The summed E-state index contributed by atoms with van der Waals surface area (Å²) >= 11 is 0. The third-order valence-electron chi connectivity index (χ3n) is 3.60. The Kier molecular flexibility index (Phi) is 4.62. The lowest BCUT2D eigenvalue weighted by atomic mass is 10.0. The maximum absolute atomic E-state index is 12.5. The molecule has 0 bridgehead atoms. The fourth-order valence-electron chi connectivity index (χ4n) is 2.36. The zero-order valence-electron chi connectivity index (χ0n) is 11.8. The Morgan fingerprint density at radius 2 is 2.35 bits per heavy atom. The minimum atomic E-state index is -3.50. The molecular formula is C13H21N3O3S. The Morgan fingerprint density at radius 3 is 2.95 bits per heavy atom. The van der Waals surface area contributed by atoms with Crippen molar-refractivity contribution in [3.05, 3.63) is 18.3 Å². The first-order chi connectivity index (χ1) is 9.45. The van der Waals surface area contributed by atoms with Crippen molar-refractivity contribution in [1.82, 2.24) is 9.29 Å². The predicted octanol–water partition coefficient (Wildman–Crippen LogP) is 0.905. The van der Waals surface area contributed by atoms with Gasteiger partial charge in [0.25, 0.3) is 0 Å². The summed E-state index contributed by atoms with van der Waals surface area (Å²) in [6, 6.07) is 3.06. The Bertz CT molecular complexity index is 560. The summed E-state index contributed by atoms with van der Waals surface area (Å²) in [7, 11) is -3.50. The van der Waals surface area contributed by atoms with E-state index in [2.05, 4.69) is 10.3 Å². The summed E-state index contributed by atoms with van der Waals surface area (Å²) in [6.45, 7) is 5.15. The van der Waals surface area contributed by atoms with Gasteiger partial charge in [-0.15, -0.1) is 0 Å². The molecule has 0 amide bonds. The van der Waals surface area contributed by atoms with Crippen LogP contribution in [-0.2, 0) is 10.0 Å². The van der Waals surface area contributed by atoms with E-state index in [1.807, 2.05) is 6.92 Å². The van der Waals surface area contributed by atoms with Gasteiger partial charge in [0.15, 0.2) is 0 Å². The van der Waals surface area contributed by atoms with Gasteiger partial charge in [-0.1, -0.05) is 0 Å². The number of rotatable bonds is 5. The van der Waals surface area contributed by atoms with Crippen LogP contribution in [0.4, 0.5) is 5.82 Å². The standard InChI is InChI=1S/C13H21N3O3S/c1-3-14-13-8-12(4-6-15-13)20(18,19)16-7-5-11(9-16)10(2)17/h4,6,8,10-11,17H,3,5,7,9H2,1-2H3,(H,14,15). The van der Waals surface area contributed by atoms with Gasteiger partial charge >= 0.3 is 0 Å². The van der Waals surface area contributed by atoms with Crippen LogP contribution in [0.25, 0.3) is 0 Å². The molecule has 1 aromatic heterocycles. The number of hydrogen-bond donors (Lipinski definition) is 2. The smallest absolute Gasteiger partial charge is 0.243 e. The maximum atomic E-state index is 12.5. The first kappa shape index (κ1) is 15.2. The van der Waals surface area contributed by atoms with E-state index < -0.39 is 16.1 Å². The van der Waals surface area contributed by atoms with E-state index in [0.717, 1.165) is 0 Å². The molecular weight excluding hydrogens is 278 g/mol. The molecule has 1 aliphatic rings. The van der Waals surface area contributed by atoms with Crippen LogP contribution in [0.3, 0.4) is 0 Å². The molecule has 0 saturated carbocycles. The van der Waals surface area contributed by atoms with Crippen molar-refractivity contribution >= 4 is 15.8 Å². The van der Waals surface area contributed by atoms with Gasteiger partial charge < -0.3 is 10.4 Å². The normalized spacial score (nSPS) is 21.9. The molecule has 1 saturated heterocycles. The highest BCUT2D eigenvalue weighted by atomic mass is 32.2. The van der Waals surface area contributed by atoms with Gasteiger partial charge in [-0.2, -0.15) is 4.31 Å². The Labute approximate surface area is 119 Å². The van der Waals surface area contributed by atoms with E-state index in [9.17, 15) is 13.5 Å². The number of pyridine rings is 1. The Morgan fingerprint density at radius 1 is 1.60 bits per heavy atom. The monoisotopic (exact) mass is 299 g/mol. The van der Waals surface area contributed by atoms with Crippen LogP contribution in [0.15, 0.2) is 23.2 Å². The van der Waals surface area contributed by atoms with Crippen LogP contribution in [0, 0.1) is 5.92 Å². The average molecular weight is 299 g/mol.